The molecule has 27 heavy (non-hydrogen) atoms. The van der Waals surface area contributed by atoms with Crippen molar-refractivity contribution in [3.05, 3.63) is 46.9 Å². The van der Waals surface area contributed by atoms with E-state index >= 15 is 0 Å². The fraction of sp³-hybridized carbons (Fsp3) is 0.421. The smallest absolute Gasteiger partial charge is 0.238 e. The third kappa shape index (κ3) is 4.66. The second-order valence-electron chi connectivity index (χ2n) is 7.28. The Bertz CT molecular complexity index is 827. The maximum atomic E-state index is 13.0. The number of rotatable bonds is 8. The molecule has 2 saturated carbocycles. The standard InChI is InChI=1S/C19H21ClFN5O/c20-18-16(10-23-25-19(18)26-24-17(27)7-11-1-2-11)22-9-13-8-15(13)12-3-5-14(21)6-4-12/h3-6,10-11,13,15H,1-2,7-9H2,(H,24,27)(H2,22,25,26). The van der Waals surface area contributed by atoms with E-state index in [9.17, 15) is 9.18 Å². The molecule has 6 nitrogen and oxygen atoms in total. The first kappa shape index (κ1) is 18.0. The lowest BCUT2D eigenvalue weighted by atomic mass is 10.1. The maximum Gasteiger partial charge on any atom is 0.238 e. The predicted molar refractivity (Wildman–Crippen MR) is 102 cm³/mol. The van der Waals surface area contributed by atoms with E-state index in [0.29, 0.717) is 40.7 Å². The third-order valence-corrected chi connectivity index (χ3v) is 5.44. The zero-order chi connectivity index (χ0) is 18.8. The second kappa shape index (κ2) is 7.68. The zero-order valence-electron chi connectivity index (χ0n) is 14.7. The summed E-state index contributed by atoms with van der Waals surface area (Å²) < 4.78 is 13.0. The Balaban J connectivity index is 1.29. The number of aromatic nitrogens is 2. The molecule has 2 aromatic rings. The number of benzene rings is 1. The number of hydrogen-bond acceptors (Lipinski definition) is 5. The molecule has 0 bridgehead atoms. The van der Waals surface area contributed by atoms with Crippen molar-refractivity contribution in [2.24, 2.45) is 11.8 Å². The number of nitrogens with one attached hydrogen (secondary N) is 3. The minimum absolute atomic E-state index is 0.0751. The molecular formula is C19H21ClFN5O. The summed E-state index contributed by atoms with van der Waals surface area (Å²) in [6.45, 7) is 0.737. The molecule has 1 heterocycles. The molecule has 0 radical (unpaired) electrons. The van der Waals surface area contributed by atoms with E-state index < -0.39 is 0 Å². The lowest BCUT2D eigenvalue weighted by Gasteiger charge is -2.12. The zero-order valence-corrected chi connectivity index (χ0v) is 15.5. The Morgan fingerprint density at radius 1 is 1.26 bits per heavy atom. The van der Waals surface area contributed by atoms with Crippen molar-refractivity contribution in [3.63, 3.8) is 0 Å². The van der Waals surface area contributed by atoms with Gasteiger partial charge in [-0.15, -0.1) is 5.10 Å². The van der Waals surface area contributed by atoms with Crippen LogP contribution in [0, 0.1) is 17.7 Å². The van der Waals surface area contributed by atoms with Crippen molar-refractivity contribution in [3.8, 4) is 0 Å². The van der Waals surface area contributed by atoms with Gasteiger partial charge in [0.1, 0.15) is 10.8 Å². The monoisotopic (exact) mass is 389 g/mol. The molecule has 1 aromatic heterocycles. The molecule has 1 amide bonds. The summed E-state index contributed by atoms with van der Waals surface area (Å²) in [5.41, 5.74) is 7.18. The number of hydrazine groups is 1. The Kier molecular flexibility index (Phi) is 5.11. The summed E-state index contributed by atoms with van der Waals surface area (Å²) in [7, 11) is 0. The summed E-state index contributed by atoms with van der Waals surface area (Å²) in [6, 6.07) is 6.68. The van der Waals surface area contributed by atoms with Gasteiger partial charge in [0.05, 0.1) is 11.9 Å². The van der Waals surface area contributed by atoms with Crippen LogP contribution in [0.5, 0.6) is 0 Å². The fourth-order valence-electron chi connectivity index (χ4n) is 3.17. The normalized spacial score (nSPS) is 20.8. The van der Waals surface area contributed by atoms with E-state index in [1.807, 2.05) is 12.1 Å². The highest BCUT2D eigenvalue weighted by molar-refractivity contribution is 6.35. The number of nitrogens with zero attached hydrogens (tertiary/aromatic N) is 2. The van der Waals surface area contributed by atoms with Gasteiger partial charge in [-0.2, -0.15) is 5.10 Å². The average molecular weight is 390 g/mol. The number of carbonyl (C=O) groups is 1. The summed E-state index contributed by atoms with van der Waals surface area (Å²) in [5, 5.41) is 11.5. The minimum Gasteiger partial charge on any atom is -0.382 e. The van der Waals surface area contributed by atoms with Crippen molar-refractivity contribution >= 4 is 29.0 Å². The number of anilines is 2. The number of carbonyl (C=O) groups excluding carboxylic acids is 1. The molecule has 4 rings (SSSR count). The highest BCUT2D eigenvalue weighted by Crippen LogP contribution is 2.47. The van der Waals surface area contributed by atoms with Gasteiger partial charge in [0, 0.05) is 13.0 Å². The van der Waals surface area contributed by atoms with Crippen molar-refractivity contribution in [2.75, 3.05) is 17.3 Å². The molecule has 2 fully saturated rings. The van der Waals surface area contributed by atoms with Gasteiger partial charge >= 0.3 is 0 Å². The van der Waals surface area contributed by atoms with E-state index in [2.05, 4.69) is 26.4 Å². The third-order valence-electron chi connectivity index (χ3n) is 5.06. The Hall–Kier alpha value is -2.41. The van der Waals surface area contributed by atoms with Gasteiger partial charge in [-0.1, -0.05) is 23.7 Å². The van der Waals surface area contributed by atoms with Crippen LogP contribution in [-0.4, -0.2) is 22.6 Å². The van der Waals surface area contributed by atoms with Crippen molar-refractivity contribution < 1.29 is 9.18 Å². The maximum absolute atomic E-state index is 13.0. The van der Waals surface area contributed by atoms with Gasteiger partial charge in [0.2, 0.25) is 5.91 Å². The predicted octanol–water partition coefficient (Wildman–Crippen LogP) is 3.73. The van der Waals surface area contributed by atoms with Gasteiger partial charge in [-0.05, 0) is 54.7 Å². The largest absolute Gasteiger partial charge is 0.382 e. The molecule has 2 unspecified atom stereocenters. The molecule has 0 saturated heterocycles. The van der Waals surface area contributed by atoms with E-state index in [-0.39, 0.29) is 11.7 Å². The number of amides is 1. The summed E-state index contributed by atoms with van der Waals surface area (Å²) >= 11 is 6.36. The van der Waals surface area contributed by atoms with E-state index in [0.717, 1.165) is 31.4 Å². The molecule has 3 N–H and O–H groups in total. The van der Waals surface area contributed by atoms with Crippen LogP contribution < -0.4 is 16.2 Å². The first-order valence-electron chi connectivity index (χ1n) is 9.15. The van der Waals surface area contributed by atoms with Crippen LogP contribution in [-0.2, 0) is 4.79 Å². The van der Waals surface area contributed by atoms with Crippen LogP contribution in [0.3, 0.4) is 0 Å². The van der Waals surface area contributed by atoms with Crippen LogP contribution >= 0.6 is 11.6 Å². The molecule has 8 heteroatoms. The SMILES string of the molecule is O=C(CC1CC1)NNc1nncc(NCC2CC2c2ccc(F)cc2)c1Cl. The molecule has 1 aromatic carbocycles. The average Bonchev–Trinajstić information content (AvgIpc) is 3.57. The molecule has 0 aliphatic heterocycles. The molecule has 2 aliphatic rings. The summed E-state index contributed by atoms with van der Waals surface area (Å²) in [5.74, 6) is 1.44. The minimum atomic E-state index is -0.215. The van der Waals surface area contributed by atoms with Gasteiger partial charge in [-0.25, -0.2) is 4.39 Å². The van der Waals surface area contributed by atoms with E-state index in [1.54, 1.807) is 6.20 Å². The lowest BCUT2D eigenvalue weighted by Crippen LogP contribution is -2.30. The molecule has 2 aliphatic carbocycles. The first-order valence-corrected chi connectivity index (χ1v) is 9.53. The topological polar surface area (TPSA) is 78.9 Å². The van der Waals surface area contributed by atoms with Crippen LogP contribution in [0.4, 0.5) is 15.9 Å². The van der Waals surface area contributed by atoms with Gasteiger partial charge in [0.15, 0.2) is 5.82 Å². The van der Waals surface area contributed by atoms with Crippen molar-refractivity contribution in [1.29, 1.82) is 0 Å². The van der Waals surface area contributed by atoms with E-state index in [4.69, 9.17) is 11.6 Å². The van der Waals surface area contributed by atoms with Crippen molar-refractivity contribution in [1.82, 2.24) is 15.6 Å². The first-order chi connectivity index (χ1) is 13.1. The second-order valence-corrected chi connectivity index (χ2v) is 7.65. The van der Waals surface area contributed by atoms with Crippen LogP contribution in [0.1, 0.15) is 37.2 Å². The van der Waals surface area contributed by atoms with Crippen molar-refractivity contribution in [2.45, 2.75) is 31.6 Å². The highest BCUT2D eigenvalue weighted by Gasteiger charge is 2.38. The van der Waals surface area contributed by atoms with Gasteiger partial charge < -0.3 is 5.32 Å². The van der Waals surface area contributed by atoms with Gasteiger partial charge in [0.25, 0.3) is 0 Å². The lowest BCUT2D eigenvalue weighted by molar-refractivity contribution is -0.120. The van der Waals surface area contributed by atoms with Crippen LogP contribution in [0.25, 0.3) is 0 Å². The molecule has 142 valence electrons. The molecular weight excluding hydrogens is 369 g/mol. The van der Waals surface area contributed by atoms with Crippen LogP contribution in [0.2, 0.25) is 5.02 Å². The molecule has 0 spiro atoms. The Morgan fingerprint density at radius 3 is 2.78 bits per heavy atom. The quantitative estimate of drug-likeness (QED) is 0.599. The summed E-state index contributed by atoms with van der Waals surface area (Å²) in [4.78, 5) is 11.8. The molecule has 2 atom stereocenters. The summed E-state index contributed by atoms with van der Waals surface area (Å²) in [6.07, 6.45) is 5.37. The highest BCUT2D eigenvalue weighted by atomic mass is 35.5. The Morgan fingerprint density at radius 2 is 2.04 bits per heavy atom. The van der Waals surface area contributed by atoms with Crippen LogP contribution in [0.15, 0.2) is 30.5 Å². The van der Waals surface area contributed by atoms with Gasteiger partial charge in [-0.3, -0.25) is 15.6 Å². The van der Waals surface area contributed by atoms with E-state index in [1.165, 1.54) is 12.1 Å². The Labute approximate surface area is 161 Å². The number of hydrogen-bond donors (Lipinski definition) is 3. The number of halogens is 2. The fourth-order valence-corrected chi connectivity index (χ4v) is 3.37.